The smallest absolute Gasteiger partial charge is 0.408 e. The van der Waals surface area contributed by atoms with Crippen LogP contribution in [0.25, 0.3) is 0 Å². The maximum atomic E-state index is 12.1. The first kappa shape index (κ1) is 19.0. The first-order valence-corrected chi connectivity index (χ1v) is 7.76. The second-order valence-electron chi connectivity index (χ2n) is 5.50. The number of nitrogens with one attached hydrogen (secondary N) is 2. The molecule has 1 aromatic rings. The van der Waals surface area contributed by atoms with Crippen LogP contribution in [0.4, 0.5) is 4.79 Å². The van der Waals surface area contributed by atoms with Crippen molar-refractivity contribution in [2.24, 2.45) is 5.92 Å². The molecular weight excluding hydrogens is 316 g/mol. The first-order chi connectivity index (χ1) is 10.8. The second-order valence-corrected chi connectivity index (χ2v) is 5.94. The molecule has 1 aromatic carbocycles. The molecule has 0 fully saturated rings. The highest BCUT2D eigenvalue weighted by Crippen LogP contribution is 2.05. The Hall–Kier alpha value is -2.02. The third kappa shape index (κ3) is 6.73. The zero-order chi connectivity index (χ0) is 17.4. The Bertz CT molecular complexity index is 548. The van der Waals surface area contributed by atoms with E-state index in [0.29, 0.717) is 0 Å². The average molecular weight is 338 g/mol. The van der Waals surface area contributed by atoms with Gasteiger partial charge in [-0.1, -0.05) is 44.2 Å². The van der Waals surface area contributed by atoms with E-state index in [1.165, 1.54) is 6.92 Å². The van der Waals surface area contributed by atoms with Gasteiger partial charge >= 0.3 is 6.09 Å². The van der Waals surface area contributed by atoms with Crippen molar-refractivity contribution in [1.29, 1.82) is 0 Å². The van der Waals surface area contributed by atoms with Gasteiger partial charge in [0.1, 0.15) is 12.6 Å². The standard InChI is InChI=1S/C16H22N2O4S/c1-10(2)13(14(19)17-11(3)15(20)23)18-16(21)22-9-12-7-5-4-6-8-12/h4-8,10-11,13H,9H2,1-3H3,(H,17,19)(H,18,21)(H,20,23)/t11-,13-/m0/s1. The predicted octanol–water partition coefficient (Wildman–Crippen LogP) is 1.90. The fourth-order valence-corrected chi connectivity index (χ4v) is 1.86. The second kappa shape index (κ2) is 9.19. The molecule has 7 heteroatoms. The lowest BCUT2D eigenvalue weighted by Gasteiger charge is -2.22. The fraction of sp³-hybridized carbons (Fsp3) is 0.438. The molecule has 6 nitrogen and oxygen atoms in total. The molecule has 0 radical (unpaired) electrons. The normalized spacial score (nSPS) is 13.1. The minimum Gasteiger partial charge on any atom is -0.445 e. The highest BCUT2D eigenvalue weighted by atomic mass is 32.1. The summed E-state index contributed by atoms with van der Waals surface area (Å²) >= 11 is 3.67. The summed E-state index contributed by atoms with van der Waals surface area (Å²) in [5, 5.41) is 4.57. The highest BCUT2D eigenvalue weighted by molar-refractivity contribution is 7.96. The summed E-state index contributed by atoms with van der Waals surface area (Å²) in [7, 11) is 0. The first-order valence-electron chi connectivity index (χ1n) is 7.31. The van der Waals surface area contributed by atoms with Gasteiger partial charge in [0.25, 0.3) is 0 Å². The van der Waals surface area contributed by atoms with Crippen molar-refractivity contribution in [3.8, 4) is 0 Å². The lowest BCUT2D eigenvalue weighted by molar-refractivity contribution is -0.126. The van der Waals surface area contributed by atoms with Crippen LogP contribution in [0.3, 0.4) is 0 Å². The molecule has 0 bridgehead atoms. The number of thiol groups is 1. The molecular formula is C16H22N2O4S. The van der Waals surface area contributed by atoms with Crippen molar-refractivity contribution in [3.63, 3.8) is 0 Å². The van der Waals surface area contributed by atoms with Crippen molar-refractivity contribution in [2.45, 2.75) is 39.5 Å². The van der Waals surface area contributed by atoms with Gasteiger partial charge in [-0.25, -0.2) is 4.79 Å². The molecule has 0 aromatic heterocycles. The summed E-state index contributed by atoms with van der Waals surface area (Å²) in [5.41, 5.74) is 0.850. The summed E-state index contributed by atoms with van der Waals surface area (Å²) in [4.78, 5) is 35.1. The molecule has 0 saturated carbocycles. The van der Waals surface area contributed by atoms with Crippen LogP contribution in [0.5, 0.6) is 0 Å². The van der Waals surface area contributed by atoms with E-state index in [-0.39, 0.29) is 12.5 Å². The van der Waals surface area contributed by atoms with Gasteiger partial charge in [-0.15, -0.1) is 12.6 Å². The number of carbonyl (C=O) groups is 3. The van der Waals surface area contributed by atoms with E-state index in [1.807, 2.05) is 30.3 Å². The van der Waals surface area contributed by atoms with E-state index in [1.54, 1.807) is 13.8 Å². The zero-order valence-electron chi connectivity index (χ0n) is 13.4. The van der Waals surface area contributed by atoms with E-state index in [9.17, 15) is 14.4 Å². The van der Waals surface area contributed by atoms with Crippen molar-refractivity contribution in [2.75, 3.05) is 0 Å². The van der Waals surface area contributed by atoms with E-state index in [0.717, 1.165) is 5.56 Å². The minimum absolute atomic E-state index is 0.116. The monoisotopic (exact) mass is 338 g/mol. The van der Waals surface area contributed by atoms with Crippen LogP contribution in [-0.4, -0.2) is 29.2 Å². The van der Waals surface area contributed by atoms with Gasteiger partial charge in [-0.2, -0.15) is 0 Å². The summed E-state index contributed by atoms with van der Waals surface area (Å²) in [5.74, 6) is -0.618. The number of hydrogen-bond acceptors (Lipinski definition) is 4. The fourth-order valence-electron chi connectivity index (χ4n) is 1.79. The Kier molecular flexibility index (Phi) is 7.61. The van der Waals surface area contributed by atoms with Crippen LogP contribution < -0.4 is 10.6 Å². The van der Waals surface area contributed by atoms with Crippen LogP contribution in [0.15, 0.2) is 30.3 Å². The molecule has 2 N–H and O–H groups in total. The molecule has 0 unspecified atom stereocenters. The molecule has 23 heavy (non-hydrogen) atoms. The number of hydrogen-bond donors (Lipinski definition) is 3. The third-order valence-corrected chi connectivity index (χ3v) is 3.55. The van der Waals surface area contributed by atoms with Crippen molar-refractivity contribution in [3.05, 3.63) is 35.9 Å². The van der Waals surface area contributed by atoms with Crippen LogP contribution in [-0.2, 0) is 20.9 Å². The quantitative estimate of drug-likeness (QED) is 0.663. The van der Waals surface area contributed by atoms with Crippen molar-refractivity contribution >= 4 is 29.7 Å². The molecule has 0 aliphatic carbocycles. The molecule has 2 atom stereocenters. The van der Waals surface area contributed by atoms with Crippen molar-refractivity contribution < 1.29 is 19.1 Å². The van der Waals surface area contributed by atoms with Crippen LogP contribution >= 0.6 is 12.6 Å². The van der Waals surface area contributed by atoms with E-state index in [4.69, 9.17) is 4.74 Å². The Morgan fingerprint density at radius 3 is 2.22 bits per heavy atom. The van der Waals surface area contributed by atoms with Crippen LogP contribution in [0.2, 0.25) is 0 Å². The summed E-state index contributed by atoms with van der Waals surface area (Å²) in [6.07, 6.45) is -0.687. The van der Waals surface area contributed by atoms with Gasteiger partial charge in [0.15, 0.2) is 0 Å². The van der Waals surface area contributed by atoms with E-state index in [2.05, 4.69) is 23.3 Å². The van der Waals surface area contributed by atoms with Gasteiger partial charge in [-0.3, -0.25) is 9.59 Å². The molecule has 0 aliphatic heterocycles. The maximum absolute atomic E-state index is 12.1. The Balaban J connectivity index is 2.56. The number of ether oxygens (including phenoxy) is 1. The highest BCUT2D eigenvalue weighted by Gasteiger charge is 2.26. The van der Waals surface area contributed by atoms with Gasteiger partial charge < -0.3 is 15.4 Å². The average Bonchev–Trinajstić information content (AvgIpc) is 2.51. The number of amides is 2. The molecule has 126 valence electrons. The molecule has 1 rings (SSSR count). The van der Waals surface area contributed by atoms with E-state index < -0.39 is 29.2 Å². The third-order valence-electron chi connectivity index (χ3n) is 3.16. The largest absolute Gasteiger partial charge is 0.445 e. The molecule has 0 heterocycles. The molecule has 0 aliphatic rings. The van der Waals surface area contributed by atoms with Gasteiger partial charge in [-0.05, 0) is 18.4 Å². The lowest BCUT2D eigenvalue weighted by Crippen LogP contribution is -2.52. The van der Waals surface area contributed by atoms with Crippen molar-refractivity contribution in [1.82, 2.24) is 10.6 Å². The molecule has 0 saturated heterocycles. The summed E-state index contributed by atoms with van der Waals surface area (Å²) < 4.78 is 5.10. The van der Waals surface area contributed by atoms with Gasteiger partial charge in [0.2, 0.25) is 11.0 Å². The van der Waals surface area contributed by atoms with Crippen LogP contribution in [0.1, 0.15) is 26.3 Å². The maximum Gasteiger partial charge on any atom is 0.408 e. The summed E-state index contributed by atoms with van der Waals surface area (Å²) in [6, 6.07) is 7.70. The van der Waals surface area contributed by atoms with Crippen LogP contribution in [0, 0.1) is 5.92 Å². The number of alkyl carbamates (subject to hydrolysis) is 1. The Labute approximate surface area is 141 Å². The molecule has 2 amide bonds. The zero-order valence-corrected chi connectivity index (χ0v) is 14.3. The summed E-state index contributed by atoms with van der Waals surface area (Å²) in [6.45, 7) is 5.22. The predicted molar refractivity (Wildman–Crippen MR) is 90.0 cm³/mol. The van der Waals surface area contributed by atoms with E-state index >= 15 is 0 Å². The topological polar surface area (TPSA) is 84.5 Å². The van der Waals surface area contributed by atoms with Gasteiger partial charge in [0.05, 0.1) is 6.04 Å². The lowest BCUT2D eigenvalue weighted by atomic mass is 10.0. The number of carbonyl (C=O) groups excluding carboxylic acids is 3. The Morgan fingerprint density at radius 1 is 1.09 bits per heavy atom. The van der Waals surface area contributed by atoms with Gasteiger partial charge in [0, 0.05) is 0 Å². The Morgan fingerprint density at radius 2 is 1.70 bits per heavy atom. The minimum atomic E-state index is -0.798. The number of rotatable bonds is 7. The SMILES string of the molecule is CC(C)[C@H](NC(=O)OCc1ccccc1)C(=O)N[C@@H](C)C(=O)S. The number of benzene rings is 1. The molecule has 0 spiro atoms.